The lowest BCUT2D eigenvalue weighted by Gasteiger charge is -2.32. The zero-order chi connectivity index (χ0) is 14.7. The smallest absolute Gasteiger partial charge is 0.136 e. The first-order valence-corrected chi connectivity index (χ1v) is 8.29. The highest BCUT2D eigenvalue weighted by Gasteiger charge is 2.28. The zero-order valence-electron chi connectivity index (χ0n) is 13.1. The van der Waals surface area contributed by atoms with Crippen LogP contribution < -0.4 is 10.2 Å². The SMILES string of the molecule is CCNc1cc(N2CCC(OCC)CC2)nc(C2CC2)n1. The maximum absolute atomic E-state index is 5.73. The zero-order valence-corrected chi connectivity index (χ0v) is 13.1. The molecule has 5 heteroatoms. The molecule has 1 aromatic heterocycles. The molecule has 2 heterocycles. The molecule has 0 radical (unpaired) electrons. The maximum Gasteiger partial charge on any atom is 0.136 e. The molecule has 2 aliphatic rings. The minimum atomic E-state index is 0.421. The van der Waals surface area contributed by atoms with Gasteiger partial charge in [0.15, 0.2) is 0 Å². The van der Waals surface area contributed by atoms with Gasteiger partial charge in [0.2, 0.25) is 0 Å². The third-order valence-corrected chi connectivity index (χ3v) is 4.20. The van der Waals surface area contributed by atoms with E-state index in [1.54, 1.807) is 0 Å². The number of ether oxygens (including phenoxy) is 1. The fraction of sp³-hybridized carbons (Fsp3) is 0.750. The normalized spacial score (nSPS) is 19.8. The second kappa shape index (κ2) is 6.60. The lowest BCUT2D eigenvalue weighted by Crippen LogP contribution is -2.37. The van der Waals surface area contributed by atoms with Gasteiger partial charge in [0, 0.05) is 38.2 Å². The molecule has 0 amide bonds. The topological polar surface area (TPSA) is 50.3 Å². The number of hydrogen-bond acceptors (Lipinski definition) is 5. The van der Waals surface area contributed by atoms with E-state index in [-0.39, 0.29) is 0 Å². The van der Waals surface area contributed by atoms with Crippen molar-refractivity contribution in [1.82, 2.24) is 9.97 Å². The lowest BCUT2D eigenvalue weighted by atomic mass is 10.1. The van der Waals surface area contributed by atoms with Gasteiger partial charge in [-0.05, 0) is 39.5 Å². The second-order valence-electron chi connectivity index (χ2n) is 5.92. The van der Waals surface area contributed by atoms with Crippen molar-refractivity contribution in [3.8, 4) is 0 Å². The summed E-state index contributed by atoms with van der Waals surface area (Å²) in [5.41, 5.74) is 0. The minimum absolute atomic E-state index is 0.421. The molecule has 1 N–H and O–H groups in total. The highest BCUT2D eigenvalue weighted by molar-refractivity contribution is 5.50. The van der Waals surface area contributed by atoms with Gasteiger partial charge in [0.05, 0.1) is 6.10 Å². The molecule has 3 rings (SSSR count). The third kappa shape index (κ3) is 3.64. The average Bonchev–Trinajstić information content (AvgIpc) is 3.33. The summed E-state index contributed by atoms with van der Waals surface area (Å²) in [7, 11) is 0. The fourth-order valence-electron chi connectivity index (χ4n) is 2.90. The van der Waals surface area contributed by atoms with Crippen LogP contribution in [-0.4, -0.2) is 42.3 Å². The van der Waals surface area contributed by atoms with E-state index >= 15 is 0 Å². The fourth-order valence-corrected chi connectivity index (χ4v) is 2.90. The molecule has 5 nitrogen and oxygen atoms in total. The first-order chi connectivity index (χ1) is 10.3. The van der Waals surface area contributed by atoms with Crippen molar-refractivity contribution in [1.29, 1.82) is 0 Å². The average molecular weight is 290 g/mol. The van der Waals surface area contributed by atoms with E-state index in [9.17, 15) is 0 Å². The van der Waals surface area contributed by atoms with E-state index in [1.807, 2.05) is 0 Å². The van der Waals surface area contributed by atoms with Gasteiger partial charge in [-0.15, -0.1) is 0 Å². The summed E-state index contributed by atoms with van der Waals surface area (Å²) in [4.78, 5) is 11.8. The maximum atomic E-state index is 5.73. The van der Waals surface area contributed by atoms with Gasteiger partial charge >= 0.3 is 0 Å². The predicted molar refractivity (Wildman–Crippen MR) is 85.0 cm³/mol. The second-order valence-corrected chi connectivity index (χ2v) is 5.92. The molecular weight excluding hydrogens is 264 g/mol. The van der Waals surface area contributed by atoms with Gasteiger partial charge in [0.1, 0.15) is 17.5 Å². The molecule has 1 saturated carbocycles. The predicted octanol–water partition coefficient (Wildman–Crippen LogP) is 2.79. The monoisotopic (exact) mass is 290 g/mol. The van der Waals surface area contributed by atoms with Crippen LogP contribution in [0.2, 0.25) is 0 Å². The van der Waals surface area contributed by atoms with Crippen molar-refractivity contribution in [2.45, 2.75) is 51.6 Å². The van der Waals surface area contributed by atoms with Crippen LogP contribution in [0, 0.1) is 0 Å². The molecule has 0 aromatic carbocycles. The highest BCUT2D eigenvalue weighted by Crippen LogP contribution is 2.39. The van der Waals surface area contributed by atoms with Gasteiger partial charge in [-0.25, -0.2) is 9.97 Å². The molecular formula is C16H26N4O. The molecule has 0 unspecified atom stereocenters. The van der Waals surface area contributed by atoms with Crippen LogP contribution in [0.3, 0.4) is 0 Å². The Hall–Kier alpha value is -1.36. The van der Waals surface area contributed by atoms with E-state index in [2.05, 4.69) is 35.1 Å². The van der Waals surface area contributed by atoms with Crippen molar-refractivity contribution in [3.63, 3.8) is 0 Å². The summed E-state index contributed by atoms with van der Waals surface area (Å²) in [5.74, 6) is 3.66. The molecule has 2 fully saturated rings. The molecule has 21 heavy (non-hydrogen) atoms. The number of anilines is 2. The first-order valence-electron chi connectivity index (χ1n) is 8.29. The Morgan fingerprint density at radius 1 is 1.19 bits per heavy atom. The van der Waals surface area contributed by atoms with Crippen LogP contribution in [0.25, 0.3) is 0 Å². The first kappa shape index (κ1) is 14.6. The summed E-state index contributed by atoms with van der Waals surface area (Å²) >= 11 is 0. The Kier molecular flexibility index (Phi) is 4.58. The summed E-state index contributed by atoms with van der Waals surface area (Å²) in [6.07, 6.45) is 5.08. The Balaban J connectivity index is 1.72. The lowest BCUT2D eigenvalue weighted by molar-refractivity contribution is 0.0458. The van der Waals surface area contributed by atoms with Gasteiger partial charge in [0.25, 0.3) is 0 Å². The van der Waals surface area contributed by atoms with E-state index in [0.29, 0.717) is 12.0 Å². The van der Waals surface area contributed by atoms with E-state index in [4.69, 9.17) is 9.72 Å². The number of piperidine rings is 1. The summed E-state index contributed by atoms with van der Waals surface area (Å²) in [5, 5.41) is 3.34. The molecule has 1 aliphatic heterocycles. The van der Waals surface area contributed by atoms with Crippen molar-refractivity contribution < 1.29 is 4.74 Å². The van der Waals surface area contributed by atoms with Gasteiger partial charge < -0.3 is 15.0 Å². The summed E-state index contributed by atoms with van der Waals surface area (Å²) in [6.45, 7) is 7.93. The van der Waals surface area contributed by atoms with Crippen LogP contribution in [0.5, 0.6) is 0 Å². The molecule has 116 valence electrons. The van der Waals surface area contributed by atoms with Crippen LogP contribution in [-0.2, 0) is 4.74 Å². The van der Waals surface area contributed by atoms with Crippen molar-refractivity contribution >= 4 is 11.6 Å². The van der Waals surface area contributed by atoms with Gasteiger partial charge in [-0.1, -0.05) is 0 Å². The minimum Gasteiger partial charge on any atom is -0.378 e. The molecule has 1 saturated heterocycles. The van der Waals surface area contributed by atoms with Crippen molar-refractivity contribution in [3.05, 3.63) is 11.9 Å². The van der Waals surface area contributed by atoms with Gasteiger partial charge in [-0.2, -0.15) is 0 Å². The number of nitrogens with zero attached hydrogens (tertiary/aromatic N) is 3. The Morgan fingerprint density at radius 3 is 2.57 bits per heavy atom. The molecule has 0 bridgehead atoms. The van der Waals surface area contributed by atoms with E-state index in [0.717, 1.165) is 56.5 Å². The van der Waals surface area contributed by atoms with Gasteiger partial charge in [-0.3, -0.25) is 0 Å². The third-order valence-electron chi connectivity index (χ3n) is 4.20. The van der Waals surface area contributed by atoms with Crippen LogP contribution in [0.15, 0.2) is 6.07 Å². The number of hydrogen-bond donors (Lipinski definition) is 1. The van der Waals surface area contributed by atoms with Crippen LogP contribution in [0.4, 0.5) is 11.6 Å². The number of rotatable bonds is 6. The van der Waals surface area contributed by atoms with Crippen molar-refractivity contribution in [2.24, 2.45) is 0 Å². The van der Waals surface area contributed by atoms with E-state index < -0.39 is 0 Å². The van der Waals surface area contributed by atoms with Crippen LogP contribution in [0.1, 0.15) is 51.3 Å². The summed E-state index contributed by atoms with van der Waals surface area (Å²) in [6, 6.07) is 2.09. The molecule has 0 atom stereocenters. The Morgan fingerprint density at radius 2 is 1.95 bits per heavy atom. The Bertz CT molecular complexity index is 467. The molecule has 1 aliphatic carbocycles. The molecule has 0 spiro atoms. The number of aromatic nitrogens is 2. The van der Waals surface area contributed by atoms with Crippen molar-refractivity contribution in [2.75, 3.05) is 36.5 Å². The quantitative estimate of drug-likeness (QED) is 0.873. The molecule has 1 aromatic rings. The number of nitrogens with one attached hydrogen (secondary N) is 1. The highest BCUT2D eigenvalue weighted by atomic mass is 16.5. The standard InChI is InChI=1S/C16H26N4O/c1-3-17-14-11-15(19-16(18-14)12-5-6-12)20-9-7-13(8-10-20)21-4-2/h11-13H,3-10H2,1-2H3,(H,17,18,19). The Labute approximate surface area is 127 Å². The summed E-state index contributed by atoms with van der Waals surface area (Å²) < 4.78 is 5.73. The van der Waals surface area contributed by atoms with E-state index in [1.165, 1.54) is 12.8 Å². The van der Waals surface area contributed by atoms with Crippen LogP contribution >= 0.6 is 0 Å². The largest absolute Gasteiger partial charge is 0.378 e.